The highest BCUT2D eigenvalue weighted by atomic mass is 32.2. The summed E-state index contributed by atoms with van der Waals surface area (Å²) >= 11 is 0. The number of carbonyl (C=O) groups is 1. The van der Waals surface area contributed by atoms with Crippen LogP contribution in [0.25, 0.3) is 0 Å². The average molecular weight is 401 g/mol. The van der Waals surface area contributed by atoms with E-state index in [0.717, 1.165) is 24.9 Å². The summed E-state index contributed by atoms with van der Waals surface area (Å²) in [6.07, 6.45) is 2.39. The predicted octanol–water partition coefficient (Wildman–Crippen LogP) is 2.96. The predicted molar refractivity (Wildman–Crippen MR) is 107 cm³/mol. The van der Waals surface area contributed by atoms with Crippen LogP contribution in [-0.4, -0.2) is 38.1 Å². The van der Waals surface area contributed by atoms with E-state index in [1.54, 1.807) is 30.3 Å². The molecule has 2 aromatic carbocycles. The second-order valence-electron chi connectivity index (χ2n) is 7.51. The SMILES string of the molecule is O=C(O)CCN1c2ccccc2C2CC(NS(=O)(=O)c3ccccc3)CCC21. The van der Waals surface area contributed by atoms with Crippen molar-refractivity contribution < 1.29 is 18.3 Å². The molecule has 6 nitrogen and oxygen atoms in total. The fourth-order valence-electron chi connectivity index (χ4n) is 4.60. The number of anilines is 1. The van der Waals surface area contributed by atoms with Gasteiger partial charge in [0, 0.05) is 30.2 Å². The second kappa shape index (κ2) is 7.56. The highest BCUT2D eigenvalue weighted by Crippen LogP contribution is 2.47. The molecule has 148 valence electrons. The summed E-state index contributed by atoms with van der Waals surface area (Å²) in [7, 11) is -3.54. The van der Waals surface area contributed by atoms with Crippen molar-refractivity contribution in [3.05, 3.63) is 60.2 Å². The standard InChI is InChI=1S/C21H24N2O4S/c24-21(25)12-13-23-19-9-5-4-8-17(19)18-14-15(10-11-20(18)23)22-28(26,27)16-6-2-1-3-7-16/h1-9,15,18,20,22H,10-14H2,(H,24,25). The summed E-state index contributed by atoms with van der Waals surface area (Å²) in [5, 5.41) is 9.09. The van der Waals surface area contributed by atoms with Gasteiger partial charge in [-0.2, -0.15) is 0 Å². The Morgan fingerprint density at radius 3 is 2.54 bits per heavy atom. The van der Waals surface area contributed by atoms with Gasteiger partial charge in [0.2, 0.25) is 10.0 Å². The van der Waals surface area contributed by atoms with E-state index in [-0.39, 0.29) is 29.3 Å². The molecule has 3 atom stereocenters. The minimum Gasteiger partial charge on any atom is -0.481 e. The van der Waals surface area contributed by atoms with Crippen LogP contribution >= 0.6 is 0 Å². The lowest BCUT2D eigenvalue weighted by Gasteiger charge is -2.37. The molecule has 0 amide bonds. The molecule has 1 aliphatic carbocycles. The van der Waals surface area contributed by atoms with Gasteiger partial charge in [0.05, 0.1) is 11.3 Å². The Labute approximate surface area is 165 Å². The smallest absolute Gasteiger partial charge is 0.305 e. The fraction of sp³-hybridized carbons (Fsp3) is 0.381. The molecule has 3 unspecified atom stereocenters. The van der Waals surface area contributed by atoms with Crippen molar-refractivity contribution in [3.63, 3.8) is 0 Å². The van der Waals surface area contributed by atoms with Crippen LogP contribution in [0.15, 0.2) is 59.5 Å². The molecule has 7 heteroatoms. The van der Waals surface area contributed by atoms with Gasteiger partial charge in [-0.05, 0) is 43.0 Å². The zero-order valence-corrected chi connectivity index (χ0v) is 16.3. The number of hydrogen-bond acceptors (Lipinski definition) is 4. The number of fused-ring (bicyclic) bond motifs is 3. The van der Waals surface area contributed by atoms with Gasteiger partial charge in [-0.15, -0.1) is 0 Å². The molecule has 2 N–H and O–H groups in total. The van der Waals surface area contributed by atoms with Crippen LogP contribution < -0.4 is 9.62 Å². The third-order valence-corrected chi connectivity index (χ3v) is 7.34. The van der Waals surface area contributed by atoms with Crippen molar-refractivity contribution in [1.29, 1.82) is 0 Å². The van der Waals surface area contributed by atoms with E-state index in [0.29, 0.717) is 6.54 Å². The first-order valence-electron chi connectivity index (χ1n) is 9.60. The van der Waals surface area contributed by atoms with Gasteiger partial charge in [-0.1, -0.05) is 36.4 Å². The topological polar surface area (TPSA) is 86.7 Å². The molecule has 1 saturated carbocycles. The first-order valence-corrected chi connectivity index (χ1v) is 11.1. The largest absolute Gasteiger partial charge is 0.481 e. The number of sulfonamides is 1. The van der Waals surface area contributed by atoms with E-state index in [1.165, 1.54) is 5.56 Å². The second-order valence-corrected chi connectivity index (χ2v) is 9.23. The number of aliphatic carboxylic acids is 1. The molecule has 2 aliphatic rings. The van der Waals surface area contributed by atoms with Crippen LogP contribution in [0.4, 0.5) is 5.69 Å². The Bertz CT molecular complexity index is 961. The molecule has 0 saturated heterocycles. The lowest BCUT2D eigenvalue weighted by Crippen LogP contribution is -2.45. The van der Waals surface area contributed by atoms with Gasteiger partial charge in [0.15, 0.2) is 0 Å². The van der Waals surface area contributed by atoms with Crippen LogP contribution in [0.5, 0.6) is 0 Å². The summed E-state index contributed by atoms with van der Waals surface area (Å²) in [6, 6.07) is 16.6. The van der Waals surface area contributed by atoms with Gasteiger partial charge in [-0.3, -0.25) is 4.79 Å². The van der Waals surface area contributed by atoms with Crippen LogP contribution in [0, 0.1) is 0 Å². The van der Waals surface area contributed by atoms with Crippen LogP contribution in [0.3, 0.4) is 0 Å². The van der Waals surface area contributed by atoms with E-state index in [9.17, 15) is 13.2 Å². The third-order valence-electron chi connectivity index (χ3n) is 5.80. The van der Waals surface area contributed by atoms with Crippen LogP contribution in [-0.2, 0) is 14.8 Å². The summed E-state index contributed by atoms with van der Waals surface area (Å²) in [4.78, 5) is 13.6. The van der Waals surface area contributed by atoms with Crippen molar-refractivity contribution in [2.75, 3.05) is 11.4 Å². The number of hydrogen-bond donors (Lipinski definition) is 2. The van der Waals surface area contributed by atoms with Crippen molar-refractivity contribution >= 4 is 21.7 Å². The van der Waals surface area contributed by atoms with E-state index in [4.69, 9.17) is 5.11 Å². The third kappa shape index (κ3) is 3.64. The summed E-state index contributed by atoms with van der Waals surface area (Å²) < 4.78 is 28.3. The van der Waals surface area contributed by atoms with Crippen molar-refractivity contribution in [3.8, 4) is 0 Å². The van der Waals surface area contributed by atoms with E-state index >= 15 is 0 Å². The molecule has 4 rings (SSSR count). The normalized spacial score (nSPS) is 23.9. The monoisotopic (exact) mass is 400 g/mol. The minimum atomic E-state index is -3.54. The first kappa shape index (κ1) is 19.0. The maximum absolute atomic E-state index is 12.7. The van der Waals surface area contributed by atoms with Crippen molar-refractivity contribution in [2.24, 2.45) is 0 Å². The molecule has 1 fully saturated rings. The number of carboxylic acid groups (broad SMARTS) is 1. The number of nitrogens with one attached hydrogen (secondary N) is 1. The number of para-hydroxylation sites is 1. The van der Waals surface area contributed by atoms with Gasteiger partial charge in [0.25, 0.3) is 0 Å². The molecular formula is C21H24N2O4S. The molecule has 0 aromatic heterocycles. The maximum atomic E-state index is 12.7. The van der Waals surface area contributed by atoms with Gasteiger partial charge in [0.1, 0.15) is 0 Å². The lowest BCUT2D eigenvalue weighted by molar-refractivity contribution is -0.136. The summed E-state index contributed by atoms with van der Waals surface area (Å²) in [5.41, 5.74) is 2.28. The molecule has 2 aromatic rings. The maximum Gasteiger partial charge on any atom is 0.305 e. The Balaban J connectivity index is 1.53. The Morgan fingerprint density at radius 2 is 1.79 bits per heavy atom. The molecule has 1 heterocycles. The fourth-order valence-corrected chi connectivity index (χ4v) is 5.90. The van der Waals surface area contributed by atoms with E-state index in [2.05, 4.69) is 15.7 Å². The van der Waals surface area contributed by atoms with Gasteiger partial charge in [-0.25, -0.2) is 13.1 Å². The number of carboxylic acids is 1. The zero-order chi connectivity index (χ0) is 19.7. The van der Waals surface area contributed by atoms with Gasteiger partial charge < -0.3 is 10.0 Å². The van der Waals surface area contributed by atoms with Crippen molar-refractivity contribution in [1.82, 2.24) is 4.72 Å². The van der Waals surface area contributed by atoms with Crippen molar-refractivity contribution in [2.45, 2.75) is 48.6 Å². The number of nitrogens with zero attached hydrogens (tertiary/aromatic N) is 1. The Kier molecular flexibility index (Phi) is 5.12. The number of benzene rings is 2. The lowest BCUT2D eigenvalue weighted by atomic mass is 9.80. The Hall–Kier alpha value is -2.38. The Morgan fingerprint density at radius 1 is 1.07 bits per heavy atom. The summed E-state index contributed by atoms with van der Waals surface area (Å²) in [6.45, 7) is 0.480. The van der Waals surface area contributed by atoms with E-state index in [1.807, 2.05) is 18.2 Å². The highest BCUT2D eigenvalue weighted by molar-refractivity contribution is 7.89. The zero-order valence-electron chi connectivity index (χ0n) is 15.5. The van der Waals surface area contributed by atoms with E-state index < -0.39 is 16.0 Å². The molecule has 1 aliphatic heterocycles. The van der Waals surface area contributed by atoms with Crippen LogP contribution in [0.2, 0.25) is 0 Å². The quantitative estimate of drug-likeness (QED) is 0.779. The number of rotatable bonds is 6. The first-order chi connectivity index (χ1) is 13.5. The molecule has 0 radical (unpaired) electrons. The van der Waals surface area contributed by atoms with Crippen LogP contribution in [0.1, 0.15) is 37.2 Å². The molecule has 28 heavy (non-hydrogen) atoms. The minimum absolute atomic E-state index is 0.0988. The molecular weight excluding hydrogens is 376 g/mol. The highest BCUT2D eigenvalue weighted by Gasteiger charge is 2.42. The molecule has 0 bridgehead atoms. The molecule has 0 spiro atoms. The summed E-state index contributed by atoms with van der Waals surface area (Å²) in [5.74, 6) is -0.590. The average Bonchev–Trinajstić information content (AvgIpc) is 3.00. The van der Waals surface area contributed by atoms with Gasteiger partial charge >= 0.3 is 5.97 Å².